The Hall–Kier alpha value is -5.16. The molecule has 0 saturated carbocycles. The third-order valence-electron chi connectivity index (χ3n) is 7.69. The van der Waals surface area contributed by atoms with Crippen LogP contribution in [0.3, 0.4) is 0 Å². The zero-order valence-corrected chi connectivity index (χ0v) is 31.2. The van der Waals surface area contributed by atoms with E-state index in [1.165, 1.54) is 48.9 Å². The molecule has 0 spiro atoms. The minimum absolute atomic E-state index is 0.0309. The van der Waals surface area contributed by atoms with E-state index in [0.29, 0.717) is 34.6 Å². The highest BCUT2D eigenvalue weighted by Crippen LogP contribution is 2.25. The number of nitrogens with zero attached hydrogens (tertiary/aromatic N) is 6. The number of benzene rings is 3. The van der Waals surface area contributed by atoms with Gasteiger partial charge in [0.1, 0.15) is 23.2 Å². The number of rotatable bonds is 8. The van der Waals surface area contributed by atoms with E-state index in [2.05, 4.69) is 20.2 Å². The highest BCUT2D eigenvalue weighted by Gasteiger charge is 2.22. The van der Waals surface area contributed by atoms with Crippen molar-refractivity contribution in [2.75, 3.05) is 18.2 Å². The topological polar surface area (TPSA) is 165 Å². The third kappa shape index (κ3) is 8.90. The lowest BCUT2D eigenvalue weighted by molar-refractivity contribution is 0.409. The number of hydrogen-bond donors (Lipinski definition) is 1. The number of fused-ring (bicyclic) bond motifs is 2. The van der Waals surface area contributed by atoms with Crippen molar-refractivity contribution in [2.24, 2.45) is 0 Å². The van der Waals surface area contributed by atoms with Gasteiger partial charge in [0, 0.05) is 34.9 Å². The number of anilines is 1. The summed E-state index contributed by atoms with van der Waals surface area (Å²) in [5.41, 5.74) is 9.22. The van der Waals surface area contributed by atoms with Crippen LogP contribution in [0.1, 0.15) is 16.8 Å². The Labute approximate surface area is 313 Å². The van der Waals surface area contributed by atoms with Crippen LogP contribution in [0.5, 0.6) is 5.75 Å². The normalized spacial score (nSPS) is 11.4. The van der Waals surface area contributed by atoms with E-state index in [-0.39, 0.29) is 20.9 Å². The largest absolute Gasteiger partial charge is 0.496 e. The molecule has 0 saturated heterocycles. The number of pyridine rings is 2. The molecule has 0 fully saturated rings. The number of nitrogen functional groups attached to an aromatic ring is 1. The predicted molar refractivity (Wildman–Crippen MR) is 199 cm³/mol. The zero-order valence-electron chi connectivity index (χ0n) is 28.1. The van der Waals surface area contributed by atoms with Crippen LogP contribution in [0.15, 0.2) is 113 Å². The second kappa shape index (κ2) is 16.7. The highest BCUT2D eigenvalue weighted by atomic mass is 35.5. The van der Waals surface area contributed by atoms with Gasteiger partial charge in [0.25, 0.3) is 20.0 Å². The van der Waals surface area contributed by atoms with Crippen LogP contribution in [-0.2, 0) is 32.9 Å². The van der Waals surface area contributed by atoms with Gasteiger partial charge in [-0.25, -0.2) is 13.8 Å². The fourth-order valence-corrected chi connectivity index (χ4v) is 7.64. The number of aryl methyl sites for hydroxylation is 3. The van der Waals surface area contributed by atoms with Crippen molar-refractivity contribution in [3.8, 4) is 5.75 Å². The van der Waals surface area contributed by atoms with Crippen LogP contribution in [0.4, 0.5) is 14.6 Å². The Morgan fingerprint density at radius 1 is 0.698 bits per heavy atom. The summed E-state index contributed by atoms with van der Waals surface area (Å²) in [6, 6.07) is 18.4. The Kier molecular flexibility index (Phi) is 12.3. The van der Waals surface area contributed by atoms with Gasteiger partial charge in [-0.3, -0.25) is 4.98 Å². The predicted octanol–water partition coefficient (Wildman–Crippen LogP) is 6.72. The summed E-state index contributed by atoms with van der Waals surface area (Å²) < 4.78 is 84.2. The molecular weight excluding hydrogens is 771 g/mol. The van der Waals surface area contributed by atoms with Gasteiger partial charge < -0.3 is 10.5 Å². The monoisotopic (exact) mass is 801 g/mol. The lowest BCUT2D eigenvalue weighted by Gasteiger charge is -2.10. The molecule has 0 aliphatic heterocycles. The molecule has 3 aromatic carbocycles. The highest BCUT2D eigenvalue weighted by molar-refractivity contribution is 7.90. The quantitative estimate of drug-likeness (QED) is 0.163. The van der Waals surface area contributed by atoms with Crippen molar-refractivity contribution in [2.45, 2.75) is 29.6 Å². The van der Waals surface area contributed by atoms with Gasteiger partial charge in [0.15, 0.2) is 0 Å². The van der Waals surface area contributed by atoms with Crippen LogP contribution in [0, 0.1) is 18.6 Å². The molecule has 0 aliphatic rings. The fraction of sp³-hybridized carbons (Fsp3) is 0.143. The molecule has 0 amide bonds. The van der Waals surface area contributed by atoms with E-state index in [1.807, 2.05) is 25.1 Å². The second-order valence-corrected chi connectivity index (χ2v) is 15.6. The van der Waals surface area contributed by atoms with Gasteiger partial charge in [-0.15, -0.1) is 23.2 Å². The summed E-state index contributed by atoms with van der Waals surface area (Å²) >= 11 is 9.53. The van der Waals surface area contributed by atoms with Crippen molar-refractivity contribution in [1.29, 1.82) is 0 Å². The number of aromatic nitrogens is 6. The van der Waals surface area contributed by atoms with Crippen LogP contribution in [-0.4, -0.2) is 57.6 Å². The summed E-state index contributed by atoms with van der Waals surface area (Å²) in [4.78, 5) is 8.22. The summed E-state index contributed by atoms with van der Waals surface area (Å²) in [7, 11) is -6.21. The molecule has 18 heteroatoms. The molecule has 12 nitrogen and oxygen atoms in total. The Balaban J connectivity index is 0.000000203. The number of nitrogens with two attached hydrogens (primary N) is 1. The van der Waals surface area contributed by atoms with E-state index < -0.39 is 31.7 Å². The van der Waals surface area contributed by atoms with Crippen molar-refractivity contribution >= 4 is 70.9 Å². The number of halogens is 4. The first-order chi connectivity index (χ1) is 25.3. The van der Waals surface area contributed by atoms with E-state index in [4.69, 9.17) is 33.7 Å². The van der Waals surface area contributed by atoms with Crippen molar-refractivity contribution in [3.63, 3.8) is 0 Å². The summed E-state index contributed by atoms with van der Waals surface area (Å²) in [5, 5.41) is 9.23. The minimum atomic E-state index is -3.95. The number of hydrogen-bond acceptors (Lipinski definition) is 10. The molecule has 2 N–H and O–H groups in total. The maximum atomic E-state index is 13.2. The Bertz CT molecular complexity index is 2590. The number of methoxy groups -OCH3 is 1. The average Bonchev–Trinajstić information content (AvgIpc) is 3.77. The third-order valence-corrected chi connectivity index (χ3v) is 10.9. The molecule has 7 rings (SSSR count). The molecular formula is C35H31Cl2F2N7O5S2. The lowest BCUT2D eigenvalue weighted by atomic mass is 10.0. The second-order valence-electron chi connectivity index (χ2n) is 11.2. The number of alkyl halides is 2. The average molecular weight is 803 g/mol. The summed E-state index contributed by atoms with van der Waals surface area (Å²) in [6.45, 7) is 2.00. The first-order valence-corrected chi connectivity index (χ1v) is 19.4. The molecule has 0 bridgehead atoms. The molecule has 7 aromatic rings. The van der Waals surface area contributed by atoms with Gasteiger partial charge in [0.2, 0.25) is 0 Å². The van der Waals surface area contributed by atoms with Gasteiger partial charge in [-0.2, -0.15) is 35.2 Å². The Morgan fingerprint density at radius 2 is 1.19 bits per heavy atom. The molecule has 4 aromatic heterocycles. The SMILES string of the molecule is COc1cc(C)ccc1CCc1cc2c(cn1)cnn2S(=O)(=O)c1ccc(F)cc1.ClCCl.Nc1cc2c(cn1)cnn2S(=O)(=O)c1ccc(F)cc1. The van der Waals surface area contributed by atoms with Gasteiger partial charge >= 0.3 is 0 Å². The van der Waals surface area contributed by atoms with Crippen molar-refractivity contribution in [1.82, 2.24) is 28.3 Å². The van der Waals surface area contributed by atoms with Gasteiger partial charge in [-0.1, -0.05) is 12.1 Å². The Morgan fingerprint density at radius 3 is 1.70 bits per heavy atom. The lowest BCUT2D eigenvalue weighted by Crippen LogP contribution is -2.14. The standard InChI is InChI=1S/C22H20FN3O3S.C12H9FN4O2S.CH2Cl2/c1-15-3-4-16(22(11-15)29-2)5-8-19-12-21-17(13-24-19)14-25-26(21)30(27,28)20-9-6-18(23)7-10-20;13-9-1-3-10(4-2-9)20(18,19)17-11-5-12(14)15-6-8(11)7-16-17;2-1-3/h3-4,6-7,9-14H,5,8H2,1-2H3;1-7H,(H2,14,15);1H2. The van der Waals surface area contributed by atoms with E-state index in [9.17, 15) is 25.6 Å². The van der Waals surface area contributed by atoms with Gasteiger partial charge in [0.05, 0.1) is 45.7 Å². The minimum Gasteiger partial charge on any atom is -0.496 e. The molecule has 0 atom stereocenters. The first-order valence-electron chi connectivity index (χ1n) is 15.5. The fourth-order valence-electron chi connectivity index (χ4n) is 5.11. The number of ether oxygens (including phenoxy) is 1. The van der Waals surface area contributed by atoms with E-state index >= 15 is 0 Å². The van der Waals surface area contributed by atoms with Crippen molar-refractivity contribution < 1.29 is 30.4 Å². The van der Waals surface area contributed by atoms with E-state index in [1.54, 1.807) is 19.4 Å². The molecule has 276 valence electrons. The maximum absolute atomic E-state index is 13.2. The summed E-state index contributed by atoms with van der Waals surface area (Å²) in [5.74, 6) is -0.00595. The molecule has 4 heterocycles. The van der Waals surface area contributed by atoms with E-state index in [0.717, 1.165) is 55.0 Å². The van der Waals surface area contributed by atoms with Crippen molar-refractivity contribution in [3.05, 3.63) is 132 Å². The molecule has 0 unspecified atom stereocenters. The van der Waals surface area contributed by atoms with Crippen LogP contribution >= 0.6 is 23.2 Å². The van der Waals surface area contributed by atoms with Crippen LogP contribution in [0.25, 0.3) is 21.8 Å². The first kappa shape index (κ1) is 39.1. The van der Waals surface area contributed by atoms with Gasteiger partial charge in [-0.05, 0) is 91.6 Å². The molecule has 0 aliphatic carbocycles. The van der Waals surface area contributed by atoms with Crippen LogP contribution < -0.4 is 10.5 Å². The zero-order chi connectivity index (χ0) is 38.3. The molecule has 0 radical (unpaired) electrons. The molecule has 53 heavy (non-hydrogen) atoms. The maximum Gasteiger partial charge on any atom is 0.283 e. The summed E-state index contributed by atoms with van der Waals surface area (Å²) in [6.07, 6.45) is 7.19. The van der Waals surface area contributed by atoms with Crippen LogP contribution in [0.2, 0.25) is 0 Å². The smallest absolute Gasteiger partial charge is 0.283 e.